The highest BCUT2D eigenvalue weighted by molar-refractivity contribution is 5.69. The summed E-state index contributed by atoms with van der Waals surface area (Å²) >= 11 is 0. The van der Waals surface area contributed by atoms with Crippen LogP contribution in [0.4, 0.5) is 28.7 Å². The highest BCUT2D eigenvalue weighted by Gasteiger charge is 2.39. The Bertz CT molecular complexity index is 1570. The first-order chi connectivity index (χ1) is 23.4. The summed E-state index contributed by atoms with van der Waals surface area (Å²) in [5, 5.41) is 2.75. The summed E-state index contributed by atoms with van der Waals surface area (Å²) in [6.45, 7) is 6.96. The van der Waals surface area contributed by atoms with Crippen LogP contribution in [-0.2, 0) is 20.8 Å². The predicted molar refractivity (Wildman–Crippen MR) is 174 cm³/mol. The minimum absolute atomic E-state index is 0.0830. The number of methoxy groups -OCH3 is 1. The van der Waals surface area contributed by atoms with Crippen LogP contribution in [0.25, 0.3) is 0 Å². The number of likely N-dealkylation sites (tertiary alicyclic amines) is 1. The first-order valence-electron chi connectivity index (χ1n) is 16.2. The van der Waals surface area contributed by atoms with E-state index in [-0.39, 0.29) is 49.3 Å². The van der Waals surface area contributed by atoms with Crippen LogP contribution in [0.5, 0.6) is 5.75 Å². The maximum absolute atomic E-state index is 14.9. The second kappa shape index (κ2) is 15.7. The molecule has 2 saturated heterocycles. The molecule has 1 N–H and O–H groups in total. The number of carbonyl (C=O) groups is 2. The van der Waals surface area contributed by atoms with Crippen molar-refractivity contribution in [1.29, 1.82) is 0 Å². The molecule has 2 aliphatic rings. The van der Waals surface area contributed by atoms with Gasteiger partial charge in [-0.2, -0.15) is 0 Å². The Morgan fingerprint density at radius 1 is 0.980 bits per heavy atom. The number of nitrogens with one attached hydrogen (secondary N) is 1. The van der Waals surface area contributed by atoms with Gasteiger partial charge in [-0.1, -0.05) is 30.3 Å². The Balaban J connectivity index is 1.21. The highest BCUT2D eigenvalue weighted by Crippen LogP contribution is 2.33. The first kappa shape index (κ1) is 35.7. The number of benzene rings is 2. The molecule has 0 saturated carbocycles. The highest BCUT2D eigenvalue weighted by atomic mass is 19.2. The van der Waals surface area contributed by atoms with E-state index in [4.69, 9.17) is 18.9 Å². The number of carbonyl (C=O) groups excluding carboxylic acids is 2. The van der Waals surface area contributed by atoms with E-state index in [0.717, 1.165) is 11.6 Å². The smallest absolute Gasteiger partial charge is 0.410 e. The molecule has 0 bridgehead atoms. The number of hydrogen-bond donors (Lipinski definition) is 1. The van der Waals surface area contributed by atoms with E-state index in [1.165, 1.54) is 12.4 Å². The van der Waals surface area contributed by atoms with Crippen LogP contribution < -0.4 is 15.0 Å². The van der Waals surface area contributed by atoms with Gasteiger partial charge >= 0.3 is 12.2 Å². The van der Waals surface area contributed by atoms with Crippen molar-refractivity contribution in [2.75, 3.05) is 44.8 Å². The van der Waals surface area contributed by atoms with Gasteiger partial charge in [0.25, 0.3) is 0 Å². The van der Waals surface area contributed by atoms with Gasteiger partial charge in [0.2, 0.25) is 5.95 Å². The van der Waals surface area contributed by atoms with Gasteiger partial charge in [-0.25, -0.2) is 32.7 Å². The van der Waals surface area contributed by atoms with Gasteiger partial charge in [-0.3, -0.25) is 0 Å². The third-order valence-corrected chi connectivity index (χ3v) is 8.51. The normalized spacial score (nSPS) is 19.0. The summed E-state index contributed by atoms with van der Waals surface area (Å²) in [6.07, 6.45) is 3.01. The van der Waals surface area contributed by atoms with Gasteiger partial charge in [-0.15, -0.1) is 0 Å². The predicted octanol–water partition coefficient (Wildman–Crippen LogP) is 5.83. The van der Waals surface area contributed by atoms with Crippen LogP contribution in [-0.4, -0.2) is 84.7 Å². The SMILES string of the molecule is COCC(Oc1cnc(N2CC(NC(=O)OC(C)(C)C)C(c3cc(F)c(F)cc3F)C2)nc1)C1CCN(C(=O)OCc2ccccc2)CC1. The van der Waals surface area contributed by atoms with Gasteiger partial charge in [0.1, 0.15) is 24.1 Å². The Morgan fingerprint density at radius 2 is 1.65 bits per heavy atom. The number of hydrogen-bond acceptors (Lipinski definition) is 9. The molecule has 5 rings (SSSR count). The van der Waals surface area contributed by atoms with Crippen LogP contribution in [0.1, 0.15) is 50.7 Å². The zero-order valence-corrected chi connectivity index (χ0v) is 28.0. The summed E-state index contributed by atoms with van der Waals surface area (Å²) < 4.78 is 65.4. The second-order valence-electron chi connectivity index (χ2n) is 13.2. The quantitative estimate of drug-likeness (QED) is 0.263. The fraction of sp³-hybridized carbons (Fsp3) is 0.486. The van der Waals surface area contributed by atoms with E-state index in [9.17, 15) is 22.8 Å². The lowest BCUT2D eigenvalue weighted by molar-refractivity contribution is 0.0150. The number of anilines is 1. The Hall–Kier alpha value is -4.59. The molecule has 264 valence electrons. The lowest BCUT2D eigenvalue weighted by Gasteiger charge is -2.35. The molecule has 14 heteroatoms. The standard InChI is InChI=1S/C35H42F3N5O6/c1-35(2,3)49-33(44)41-30-19-43(18-26(30)25-14-28(37)29(38)15-27(25)36)32-39-16-24(17-40-32)48-31(21-46-4)23-10-12-42(13-11-23)34(45)47-20-22-8-6-5-7-9-22/h5-9,14-17,23,26,30-31H,10-13,18-21H2,1-4H3,(H,41,44). The molecule has 2 aromatic carbocycles. The van der Waals surface area contributed by atoms with E-state index < -0.39 is 41.1 Å². The molecule has 49 heavy (non-hydrogen) atoms. The second-order valence-corrected chi connectivity index (χ2v) is 13.2. The molecule has 3 heterocycles. The number of piperidine rings is 1. The zero-order chi connectivity index (χ0) is 35.1. The summed E-state index contributed by atoms with van der Waals surface area (Å²) in [4.78, 5) is 37.6. The molecule has 0 radical (unpaired) electrons. The van der Waals surface area contributed by atoms with Crippen molar-refractivity contribution in [3.05, 3.63) is 83.4 Å². The van der Waals surface area contributed by atoms with Crippen molar-refractivity contribution in [3.8, 4) is 5.75 Å². The molecule has 3 atom stereocenters. The van der Waals surface area contributed by atoms with Crippen LogP contribution in [0.3, 0.4) is 0 Å². The largest absolute Gasteiger partial charge is 0.484 e. The van der Waals surface area contributed by atoms with Gasteiger partial charge in [0, 0.05) is 51.2 Å². The third kappa shape index (κ3) is 9.52. The number of nitrogens with zero attached hydrogens (tertiary/aromatic N) is 4. The molecule has 0 spiro atoms. The molecule has 2 amide bonds. The molecule has 3 aromatic rings. The van der Waals surface area contributed by atoms with E-state index in [1.807, 2.05) is 30.3 Å². The van der Waals surface area contributed by atoms with Gasteiger partial charge in [-0.05, 0) is 50.8 Å². The van der Waals surface area contributed by atoms with E-state index in [0.29, 0.717) is 44.4 Å². The van der Waals surface area contributed by atoms with Gasteiger partial charge < -0.3 is 34.1 Å². The van der Waals surface area contributed by atoms with Crippen molar-refractivity contribution in [3.63, 3.8) is 0 Å². The minimum atomic E-state index is -1.30. The lowest BCUT2D eigenvalue weighted by atomic mass is 9.91. The van der Waals surface area contributed by atoms with Crippen LogP contribution in [0, 0.1) is 23.4 Å². The number of amides is 2. The van der Waals surface area contributed by atoms with Crippen LogP contribution in [0.2, 0.25) is 0 Å². The van der Waals surface area contributed by atoms with Crippen molar-refractivity contribution in [1.82, 2.24) is 20.2 Å². The summed E-state index contributed by atoms with van der Waals surface area (Å²) in [5.74, 6) is -3.39. The topological polar surface area (TPSA) is 115 Å². The summed E-state index contributed by atoms with van der Waals surface area (Å²) in [6, 6.07) is 10.1. The maximum Gasteiger partial charge on any atom is 0.410 e. The number of halogens is 3. The van der Waals surface area contributed by atoms with Gasteiger partial charge in [0.05, 0.1) is 25.0 Å². The molecule has 3 unspecified atom stereocenters. The third-order valence-electron chi connectivity index (χ3n) is 8.51. The summed E-state index contributed by atoms with van der Waals surface area (Å²) in [7, 11) is 1.59. The number of alkyl carbamates (subject to hydrolysis) is 1. The Morgan fingerprint density at radius 3 is 2.31 bits per heavy atom. The molecule has 1 aromatic heterocycles. The maximum atomic E-state index is 14.9. The van der Waals surface area contributed by atoms with Crippen molar-refractivity contribution in [2.45, 2.75) is 63.9 Å². The fourth-order valence-corrected chi connectivity index (χ4v) is 6.11. The fourth-order valence-electron chi connectivity index (χ4n) is 6.11. The zero-order valence-electron chi connectivity index (χ0n) is 28.0. The Labute approximate surface area is 283 Å². The number of ether oxygens (including phenoxy) is 4. The van der Waals surface area contributed by atoms with Crippen LogP contribution >= 0.6 is 0 Å². The van der Waals surface area contributed by atoms with Gasteiger partial charge in [0.15, 0.2) is 17.4 Å². The van der Waals surface area contributed by atoms with Crippen molar-refractivity contribution < 1.29 is 41.7 Å². The average Bonchev–Trinajstić information content (AvgIpc) is 3.48. The minimum Gasteiger partial charge on any atom is -0.484 e. The molecule has 2 aliphatic heterocycles. The first-order valence-corrected chi connectivity index (χ1v) is 16.2. The summed E-state index contributed by atoms with van der Waals surface area (Å²) in [5.41, 5.74) is 0.0580. The van der Waals surface area contributed by atoms with E-state index in [1.54, 1.807) is 37.7 Å². The number of aromatic nitrogens is 2. The number of rotatable bonds is 10. The lowest BCUT2D eigenvalue weighted by Crippen LogP contribution is -2.44. The Kier molecular flexibility index (Phi) is 11.5. The molecule has 11 nitrogen and oxygen atoms in total. The monoisotopic (exact) mass is 685 g/mol. The van der Waals surface area contributed by atoms with E-state index >= 15 is 0 Å². The molecular weight excluding hydrogens is 643 g/mol. The van der Waals surface area contributed by atoms with E-state index in [2.05, 4.69) is 15.3 Å². The molecular formula is C35H42F3N5O6. The average molecular weight is 686 g/mol. The van der Waals surface area contributed by atoms with Crippen LogP contribution in [0.15, 0.2) is 54.9 Å². The van der Waals surface area contributed by atoms with Crippen molar-refractivity contribution >= 4 is 18.1 Å². The van der Waals surface area contributed by atoms with Crippen molar-refractivity contribution in [2.24, 2.45) is 5.92 Å². The molecule has 0 aliphatic carbocycles. The molecule has 2 fully saturated rings.